The topological polar surface area (TPSA) is 37.9 Å². The average molecular weight is 389 g/mol. The quantitative estimate of drug-likeness (QED) is 0.749. The second-order valence-corrected chi connectivity index (χ2v) is 7.05. The molecule has 2 heterocycles. The smallest absolute Gasteiger partial charge is 0.416 e. The number of fused-ring (bicyclic) bond motifs is 1. The predicted molar refractivity (Wildman–Crippen MR) is 101 cm³/mol. The molecule has 1 aromatic heterocycles. The lowest BCUT2D eigenvalue weighted by atomic mass is 10.1. The first-order chi connectivity index (χ1) is 13.4. The van der Waals surface area contributed by atoms with Gasteiger partial charge in [0.2, 0.25) is 5.43 Å². The Kier molecular flexibility index (Phi) is 4.85. The maximum Gasteiger partial charge on any atom is 0.416 e. The monoisotopic (exact) mass is 389 g/mol. The summed E-state index contributed by atoms with van der Waals surface area (Å²) >= 11 is 0. The first-order valence-corrected chi connectivity index (χ1v) is 9.17. The van der Waals surface area contributed by atoms with Crippen molar-refractivity contribution < 1.29 is 22.5 Å². The molecule has 0 amide bonds. The molecule has 0 bridgehead atoms. The number of nitrogens with zero attached hydrogens (tertiary/aromatic N) is 1. The Labute approximate surface area is 159 Å². The third kappa shape index (κ3) is 3.75. The van der Waals surface area contributed by atoms with E-state index in [1.807, 2.05) is 17.0 Å². The number of benzene rings is 2. The van der Waals surface area contributed by atoms with Crippen LogP contribution < -0.4 is 15.2 Å². The third-order valence-corrected chi connectivity index (χ3v) is 5.20. The summed E-state index contributed by atoms with van der Waals surface area (Å²) in [7, 11) is 0. The summed E-state index contributed by atoms with van der Waals surface area (Å²) in [4.78, 5) is 15.8. The number of halogens is 3. The molecule has 1 fully saturated rings. The van der Waals surface area contributed by atoms with E-state index in [9.17, 15) is 18.0 Å². The van der Waals surface area contributed by atoms with Crippen LogP contribution in [0.15, 0.2) is 64.0 Å². The van der Waals surface area contributed by atoms with Crippen LogP contribution in [0.1, 0.15) is 11.1 Å². The van der Waals surface area contributed by atoms with Crippen LogP contribution in [-0.4, -0.2) is 26.2 Å². The lowest BCUT2D eigenvalue weighted by molar-refractivity contribution is -0.914. The zero-order valence-corrected chi connectivity index (χ0v) is 15.1. The molecule has 3 aromatic rings. The van der Waals surface area contributed by atoms with Crippen LogP contribution in [0.2, 0.25) is 0 Å². The number of rotatable bonds is 3. The van der Waals surface area contributed by atoms with Crippen LogP contribution in [0, 0.1) is 0 Å². The van der Waals surface area contributed by atoms with Crippen LogP contribution in [0.5, 0.6) is 0 Å². The molecule has 1 N–H and O–H groups in total. The molecule has 2 aromatic carbocycles. The molecule has 1 saturated heterocycles. The summed E-state index contributed by atoms with van der Waals surface area (Å²) in [6, 6.07) is 12.6. The highest BCUT2D eigenvalue weighted by molar-refractivity contribution is 5.76. The molecule has 0 radical (unpaired) electrons. The second-order valence-electron chi connectivity index (χ2n) is 7.05. The zero-order valence-electron chi connectivity index (χ0n) is 15.1. The Morgan fingerprint density at radius 1 is 1.04 bits per heavy atom. The van der Waals surface area contributed by atoms with E-state index in [1.54, 1.807) is 18.2 Å². The Hall–Kier alpha value is -2.80. The van der Waals surface area contributed by atoms with Crippen molar-refractivity contribution in [3.63, 3.8) is 0 Å². The molecular formula is C21H20F3N2O2+. The SMILES string of the molecule is O=c1c(C[NH+]2CCN(c3cccc(C(F)(F)F)c3)CC2)coc2ccccc12. The Morgan fingerprint density at radius 2 is 1.79 bits per heavy atom. The minimum Gasteiger partial charge on any atom is -0.464 e. The van der Waals surface area contributed by atoms with E-state index in [0.29, 0.717) is 41.9 Å². The standard InChI is InChI=1S/C21H19F3N2O2/c22-21(23,24)16-4-3-5-17(12-16)26-10-8-25(9-11-26)13-15-14-28-19-7-2-1-6-18(19)20(15)27/h1-7,12,14H,8-11,13H2/p+1. The molecular weight excluding hydrogens is 369 g/mol. The number of hydrogen-bond acceptors (Lipinski definition) is 3. The molecule has 7 heteroatoms. The number of quaternary nitrogens is 1. The number of anilines is 1. The van der Waals surface area contributed by atoms with E-state index in [0.717, 1.165) is 19.2 Å². The lowest BCUT2D eigenvalue weighted by Gasteiger charge is -2.33. The summed E-state index contributed by atoms with van der Waals surface area (Å²) in [5.41, 5.74) is 1.13. The van der Waals surface area contributed by atoms with Gasteiger partial charge >= 0.3 is 6.18 Å². The van der Waals surface area contributed by atoms with Gasteiger partial charge in [-0.05, 0) is 30.3 Å². The molecule has 4 rings (SSSR count). The van der Waals surface area contributed by atoms with Gasteiger partial charge in [-0.2, -0.15) is 13.2 Å². The average Bonchev–Trinajstić information content (AvgIpc) is 2.70. The minimum absolute atomic E-state index is 0.0188. The van der Waals surface area contributed by atoms with E-state index in [1.165, 1.54) is 23.3 Å². The normalized spacial score (nSPS) is 15.9. The Morgan fingerprint density at radius 3 is 2.54 bits per heavy atom. The molecule has 0 saturated carbocycles. The highest BCUT2D eigenvalue weighted by atomic mass is 19.4. The van der Waals surface area contributed by atoms with Crippen molar-refractivity contribution in [1.82, 2.24) is 0 Å². The number of piperazine rings is 1. The van der Waals surface area contributed by atoms with Gasteiger partial charge in [-0.3, -0.25) is 4.79 Å². The molecule has 1 aliphatic rings. The number of nitrogens with one attached hydrogen (secondary N) is 1. The fourth-order valence-electron chi connectivity index (χ4n) is 3.65. The number of hydrogen-bond donors (Lipinski definition) is 1. The molecule has 1 aliphatic heterocycles. The number of para-hydroxylation sites is 1. The molecule has 146 valence electrons. The summed E-state index contributed by atoms with van der Waals surface area (Å²) in [5.74, 6) is 0. The molecule has 4 nitrogen and oxygen atoms in total. The van der Waals surface area contributed by atoms with Gasteiger partial charge in [0.1, 0.15) is 18.4 Å². The van der Waals surface area contributed by atoms with E-state index < -0.39 is 11.7 Å². The summed E-state index contributed by atoms with van der Waals surface area (Å²) in [6.45, 7) is 3.29. The van der Waals surface area contributed by atoms with Gasteiger partial charge in [0.25, 0.3) is 0 Å². The van der Waals surface area contributed by atoms with E-state index in [2.05, 4.69) is 0 Å². The summed E-state index contributed by atoms with van der Waals surface area (Å²) < 4.78 is 44.4. The molecule has 0 aliphatic carbocycles. The van der Waals surface area contributed by atoms with Crippen LogP contribution in [0.25, 0.3) is 11.0 Å². The first kappa shape index (κ1) is 18.6. The molecule has 28 heavy (non-hydrogen) atoms. The lowest BCUT2D eigenvalue weighted by Crippen LogP contribution is -3.13. The van der Waals surface area contributed by atoms with Crippen molar-refractivity contribution >= 4 is 16.7 Å². The van der Waals surface area contributed by atoms with Gasteiger partial charge in [-0.15, -0.1) is 0 Å². The van der Waals surface area contributed by atoms with Gasteiger partial charge in [0, 0.05) is 5.69 Å². The van der Waals surface area contributed by atoms with Crippen molar-refractivity contribution in [3.8, 4) is 0 Å². The largest absolute Gasteiger partial charge is 0.464 e. The molecule has 0 spiro atoms. The van der Waals surface area contributed by atoms with Gasteiger partial charge in [0.15, 0.2) is 0 Å². The fourth-order valence-corrected chi connectivity index (χ4v) is 3.65. The summed E-state index contributed by atoms with van der Waals surface area (Å²) in [6.07, 6.45) is -2.82. The molecule has 0 unspecified atom stereocenters. The molecule has 0 atom stereocenters. The second kappa shape index (κ2) is 7.31. The van der Waals surface area contributed by atoms with Crippen molar-refractivity contribution in [2.75, 3.05) is 31.1 Å². The van der Waals surface area contributed by atoms with Crippen molar-refractivity contribution in [3.05, 3.63) is 76.1 Å². The maximum absolute atomic E-state index is 12.9. The van der Waals surface area contributed by atoms with Crippen molar-refractivity contribution in [1.29, 1.82) is 0 Å². The van der Waals surface area contributed by atoms with Crippen LogP contribution >= 0.6 is 0 Å². The highest BCUT2D eigenvalue weighted by Crippen LogP contribution is 2.31. The van der Waals surface area contributed by atoms with Gasteiger partial charge in [-0.25, -0.2) is 0 Å². The maximum atomic E-state index is 12.9. The van der Waals surface area contributed by atoms with Crippen molar-refractivity contribution in [2.45, 2.75) is 12.7 Å². The third-order valence-electron chi connectivity index (χ3n) is 5.20. The van der Waals surface area contributed by atoms with Crippen molar-refractivity contribution in [2.24, 2.45) is 0 Å². The van der Waals surface area contributed by atoms with Crippen LogP contribution in [0.4, 0.5) is 18.9 Å². The highest BCUT2D eigenvalue weighted by Gasteiger charge is 2.31. The van der Waals surface area contributed by atoms with E-state index >= 15 is 0 Å². The Bertz CT molecular complexity index is 1040. The van der Waals surface area contributed by atoms with Crippen LogP contribution in [0.3, 0.4) is 0 Å². The number of alkyl halides is 3. The first-order valence-electron chi connectivity index (χ1n) is 9.17. The Balaban J connectivity index is 1.44. The summed E-state index contributed by atoms with van der Waals surface area (Å²) in [5, 5.41) is 0.571. The van der Waals surface area contributed by atoms with E-state index in [4.69, 9.17) is 4.42 Å². The predicted octanol–water partition coefficient (Wildman–Crippen LogP) is 2.72. The zero-order chi connectivity index (χ0) is 19.7. The fraction of sp³-hybridized carbons (Fsp3) is 0.286. The van der Waals surface area contributed by atoms with Gasteiger partial charge in [-0.1, -0.05) is 18.2 Å². The van der Waals surface area contributed by atoms with E-state index in [-0.39, 0.29) is 5.43 Å². The minimum atomic E-state index is -4.34. The van der Waals surface area contributed by atoms with Gasteiger partial charge in [0.05, 0.1) is 42.7 Å². The van der Waals surface area contributed by atoms with Gasteiger partial charge < -0.3 is 14.2 Å². The van der Waals surface area contributed by atoms with Crippen LogP contribution in [-0.2, 0) is 12.7 Å².